The maximum atomic E-state index is 13.0. The number of halogens is 3. The fourth-order valence-corrected chi connectivity index (χ4v) is 3.90. The van der Waals surface area contributed by atoms with E-state index in [1.54, 1.807) is 0 Å². The minimum absolute atomic E-state index is 0.333. The third kappa shape index (κ3) is 4.30. The molecule has 2 aliphatic rings. The van der Waals surface area contributed by atoms with Crippen molar-refractivity contribution in [3.05, 3.63) is 29.8 Å². The molecule has 1 spiro atoms. The summed E-state index contributed by atoms with van der Waals surface area (Å²) in [5.41, 5.74) is 2.09. The van der Waals surface area contributed by atoms with Gasteiger partial charge in [0.25, 0.3) is 11.8 Å². The topological polar surface area (TPSA) is 90.5 Å². The summed E-state index contributed by atoms with van der Waals surface area (Å²) < 4.78 is 39.0. The quantitative estimate of drug-likeness (QED) is 0.512. The molecule has 1 aromatic carbocycles. The molecule has 1 heterocycles. The molecule has 7 nitrogen and oxygen atoms in total. The van der Waals surface area contributed by atoms with Crippen molar-refractivity contribution in [1.82, 2.24) is 15.6 Å². The molecule has 1 aliphatic heterocycles. The molecule has 3 rings (SSSR count). The van der Waals surface area contributed by atoms with Gasteiger partial charge in [-0.1, -0.05) is 25.5 Å². The van der Waals surface area contributed by atoms with Crippen LogP contribution in [-0.2, 0) is 15.8 Å². The molecular weight excluding hydrogens is 389 g/mol. The van der Waals surface area contributed by atoms with Crippen molar-refractivity contribution in [2.24, 2.45) is 5.92 Å². The number of carbonyl (C=O) groups is 3. The SMILES string of the molecule is CCC1CCC2(CC1)NC(=O)N(CC(=O)NNc1ccccc1C(F)(F)F)C2=O. The molecule has 3 N–H and O–H groups in total. The van der Waals surface area contributed by atoms with Crippen LogP contribution in [0.3, 0.4) is 0 Å². The third-order valence-electron chi connectivity index (χ3n) is 5.65. The zero-order chi connectivity index (χ0) is 21.2. The first kappa shape index (κ1) is 20.9. The van der Waals surface area contributed by atoms with E-state index in [-0.39, 0.29) is 5.69 Å². The number of imide groups is 1. The monoisotopic (exact) mass is 412 g/mol. The molecule has 0 radical (unpaired) electrons. The average molecular weight is 412 g/mol. The molecule has 1 saturated carbocycles. The minimum Gasteiger partial charge on any atom is -0.323 e. The summed E-state index contributed by atoms with van der Waals surface area (Å²) in [7, 11) is 0. The second-order valence-corrected chi connectivity index (χ2v) is 7.47. The number of hydrogen-bond acceptors (Lipinski definition) is 4. The third-order valence-corrected chi connectivity index (χ3v) is 5.65. The Morgan fingerprint density at radius 2 is 1.90 bits per heavy atom. The van der Waals surface area contributed by atoms with E-state index in [0.29, 0.717) is 18.8 Å². The van der Waals surface area contributed by atoms with Crippen molar-refractivity contribution in [1.29, 1.82) is 0 Å². The first-order valence-electron chi connectivity index (χ1n) is 9.51. The van der Waals surface area contributed by atoms with Gasteiger partial charge in [-0.15, -0.1) is 0 Å². The largest absolute Gasteiger partial charge is 0.418 e. The van der Waals surface area contributed by atoms with Gasteiger partial charge in [0.1, 0.15) is 12.1 Å². The summed E-state index contributed by atoms with van der Waals surface area (Å²) >= 11 is 0. The normalized spacial score (nSPS) is 24.6. The number of rotatable bonds is 5. The Balaban J connectivity index is 1.60. The molecule has 1 aliphatic carbocycles. The minimum atomic E-state index is -4.59. The van der Waals surface area contributed by atoms with E-state index in [2.05, 4.69) is 23.1 Å². The van der Waals surface area contributed by atoms with E-state index in [4.69, 9.17) is 0 Å². The first-order chi connectivity index (χ1) is 13.7. The zero-order valence-electron chi connectivity index (χ0n) is 15.9. The van der Waals surface area contributed by atoms with Gasteiger partial charge in [0.15, 0.2) is 0 Å². The fraction of sp³-hybridized carbons (Fsp3) is 0.526. The van der Waals surface area contributed by atoms with E-state index >= 15 is 0 Å². The van der Waals surface area contributed by atoms with Crippen LogP contribution >= 0.6 is 0 Å². The number of anilines is 1. The number of hydrogen-bond donors (Lipinski definition) is 3. The lowest BCUT2D eigenvalue weighted by Gasteiger charge is -2.34. The Kier molecular flexibility index (Phi) is 5.72. The highest BCUT2D eigenvalue weighted by Crippen LogP contribution is 2.37. The van der Waals surface area contributed by atoms with Crippen molar-refractivity contribution in [3.63, 3.8) is 0 Å². The average Bonchev–Trinajstić information content (AvgIpc) is 2.90. The predicted octanol–water partition coefficient (Wildman–Crippen LogP) is 3.04. The summed E-state index contributed by atoms with van der Waals surface area (Å²) in [4.78, 5) is 38.0. The molecule has 10 heteroatoms. The van der Waals surface area contributed by atoms with Crippen LogP contribution in [0, 0.1) is 5.92 Å². The van der Waals surface area contributed by atoms with Crippen molar-refractivity contribution >= 4 is 23.5 Å². The number of carbonyl (C=O) groups excluding carboxylic acids is 3. The molecule has 158 valence electrons. The molecule has 0 bridgehead atoms. The van der Waals surface area contributed by atoms with Crippen LogP contribution < -0.4 is 16.2 Å². The van der Waals surface area contributed by atoms with Gasteiger partial charge in [-0.05, 0) is 43.7 Å². The maximum absolute atomic E-state index is 13.0. The van der Waals surface area contributed by atoms with Crippen LogP contribution in [0.4, 0.5) is 23.7 Å². The van der Waals surface area contributed by atoms with E-state index in [1.807, 2.05) is 0 Å². The first-order valence-corrected chi connectivity index (χ1v) is 9.51. The lowest BCUT2D eigenvalue weighted by molar-refractivity contribution is -0.137. The summed E-state index contributed by atoms with van der Waals surface area (Å²) in [6, 6.07) is 4.00. The van der Waals surface area contributed by atoms with Gasteiger partial charge in [0.05, 0.1) is 11.3 Å². The molecule has 2 fully saturated rings. The Morgan fingerprint density at radius 1 is 1.24 bits per heavy atom. The smallest absolute Gasteiger partial charge is 0.323 e. The van der Waals surface area contributed by atoms with E-state index < -0.39 is 41.7 Å². The van der Waals surface area contributed by atoms with Crippen molar-refractivity contribution in [2.75, 3.05) is 12.0 Å². The Bertz CT molecular complexity index is 804. The Labute approximate surface area is 166 Å². The number of hydrazine groups is 1. The second kappa shape index (κ2) is 7.92. The van der Waals surface area contributed by atoms with Gasteiger partial charge in [-0.2, -0.15) is 13.2 Å². The number of nitrogens with one attached hydrogen (secondary N) is 3. The van der Waals surface area contributed by atoms with Gasteiger partial charge in [0, 0.05) is 0 Å². The summed E-state index contributed by atoms with van der Waals surface area (Å²) in [6.07, 6.45) is -0.911. The van der Waals surface area contributed by atoms with E-state index in [1.165, 1.54) is 12.1 Å². The second-order valence-electron chi connectivity index (χ2n) is 7.47. The molecule has 4 amide bonds. The Morgan fingerprint density at radius 3 is 2.52 bits per heavy atom. The number of amides is 4. The lowest BCUT2D eigenvalue weighted by Crippen LogP contribution is -2.50. The number of urea groups is 1. The number of alkyl halides is 3. The van der Waals surface area contributed by atoms with Crippen LogP contribution in [0.1, 0.15) is 44.6 Å². The standard InChI is InChI=1S/C19H23F3N4O3/c1-2-12-7-9-18(10-8-12)16(28)26(17(29)23-18)11-15(27)25-24-14-6-4-3-5-13(14)19(20,21)22/h3-6,12,24H,2,7-11H2,1H3,(H,23,29)(H,25,27). The van der Waals surface area contributed by atoms with Gasteiger partial charge in [-0.25, -0.2) is 4.79 Å². The highest BCUT2D eigenvalue weighted by atomic mass is 19.4. The highest BCUT2D eigenvalue weighted by molar-refractivity contribution is 6.09. The van der Waals surface area contributed by atoms with Crippen LogP contribution in [0.5, 0.6) is 0 Å². The number of benzene rings is 1. The van der Waals surface area contributed by atoms with Gasteiger partial charge >= 0.3 is 12.2 Å². The molecule has 0 unspecified atom stereocenters. The molecule has 0 atom stereocenters. The molecular formula is C19H23F3N4O3. The van der Waals surface area contributed by atoms with Crippen LogP contribution in [0.15, 0.2) is 24.3 Å². The maximum Gasteiger partial charge on any atom is 0.418 e. The van der Waals surface area contributed by atoms with Gasteiger partial charge in [0.2, 0.25) is 0 Å². The van der Waals surface area contributed by atoms with Crippen molar-refractivity contribution < 1.29 is 27.6 Å². The predicted molar refractivity (Wildman–Crippen MR) is 98.4 cm³/mol. The van der Waals surface area contributed by atoms with Crippen LogP contribution in [0.2, 0.25) is 0 Å². The van der Waals surface area contributed by atoms with Crippen molar-refractivity contribution in [2.45, 2.75) is 50.7 Å². The molecule has 29 heavy (non-hydrogen) atoms. The van der Waals surface area contributed by atoms with E-state index in [0.717, 1.165) is 36.3 Å². The highest BCUT2D eigenvalue weighted by Gasteiger charge is 2.52. The van der Waals surface area contributed by atoms with E-state index in [9.17, 15) is 27.6 Å². The molecule has 1 aromatic rings. The summed E-state index contributed by atoms with van der Waals surface area (Å²) in [6.45, 7) is 1.50. The summed E-state index contributed by atoms with van der Waals surface area (Å²) in [5.74, 6) is -0.742. The fourth-order valence-electron chi connectivity index (χ4n) is 3.90. The zero-order valence-corrected chi connectivity index (χ0v) is 15.9. The summed E-state index contributed by atoms with van der Waals surface area (Å²) in [5, 5.41) is 2.71. The number of nitrogens with zero attached hydrogens (tertiary/aromatic N) is 1. The van der Waals surface area contributed by atoms with Crippen LogP contribution in [0.25, 0.3) is 0 Å². The van der Waals surface area contributed by atoms with Gasteiger partial charge < -0.3 is 5.32 Å². The lowest BCUT2D eigenvalue weighted by atomic mass is 9.75. The molecule has 1 saturated heterocycles. The van der Waals surface area contributed by atoms with Gasteiger partial charge in [-0.3, -0.25) is 25.3 Å². The Hall–Kier alpha value is -2.78. The number of para-hydroxylation sites is 1. The van der Waals surface area contributed by atoms with Crippen LogP contribution in [-0.4, -0.2) is 34.8 Å². The molecule has 0 aromatic heterocycles. The van der Waals surface area contributed by atoms with Crippen molar-refractivity contribution in [3.8, 4) is 0 Å².